The van der Waals surface area contributed by atoms with Gasteiger partial charge < -0.3 is 0 Å². The molecule has 1 aliphatic rings. The summed E-state index contributed by atoms with van der Waals surface area (Å²) in [5, 5.41) is 0. The molecule has 0 amide bonds. The maximum atomic E-state index is 13.2. The number of hydrogen-bond acceptors (Lipinski definition) is 1. The van der Waals surface area contributed by atoms with Crippen molar-refractivity contribution in [1.29, 1.82) is 0 Å². The number of benzene rings is 1. The molecule has 0 spiro atoms. The van der Waals surface area contributed by atoms with Gasteiger partial charge in [0.15, 0.2) is 23.2 Å². The molecule has 1 aromatic carbocycles. The Morgan fingerprint density at radius 3 is 2.50 bits per heavy atom. The normalized spacial score (nSPS) is 21.5. The van der Waals surface area contributed by atoms with E-state index in [0.29, 0.717) is 24.3 Å². The van der Waals surface area contributed by atoms with E-state index in [1.165, 1.54) is 6.08 Å². The van der Waals surface area contributed by atoms with Crippen molar-refractivity contribution in [3.05, 3.63) is 40.7 Å². The van der Waals surface area contributed by atoms with Crippen LogP contribution in [0, 0.1) is 23.4 Å². The van der Waals surface area contributed by atoms with Crippen LogP contribution >= 0.6 is 0 Å². The van der Waals surface area contributed by atoms with Crippen molar-refractivity contribution in [2.45, 2.75) is 39.0 Å². The smallest absolute Gasteiger partial charge is 0.194 e. The lowest BCUT2D eigenvalue weighted by molar-refractivity contribution is -0.116. The number of ketones is 1. The molecule has 20 heavy (non-hydrogen) atoms. The third-order valence-corrected chi connectivity index (χ3v) is 3.69. The minimum atomic E-state index is -1.48. The SMILES string of the molecule is CCCC1CCC(=O)/C(=C\c2cc(F)c(F)c(F)c2)C1. The summed E-state index contributed by atoms with van der Waals surface area (Å²) >= 11 is 0. The number of halogens is 3. The first-order chi connectivity index (χ1) is 9.51. The molecule has 1 saturated carbocycles. The van der Waals surface area contributed by atoms with Crippen molar-refractivity contribution in [2.75, 3.05) is 0 Å². The Balaban J connectivity index is 2.26. The highest BCUT2D eigenvalue weighted by Crippen LogP contribution is 2.30. The summed E-state index contributed by atoms with van der Waals surface area (Å²) in [6, 6.07) is 1.84. The topological polar surface area (TPSA) is 17.1 Å². The summed E-state index contributed by atoms with van der Waals surface area (Å²) in [5.74, 6) is -3.48. The van der Waals surface area contributed by atoms with Gasteiger partial charge in [0, 0.05) is 6.42 Å². The summed E-state index contributed by atoms with van der Waals surface area (Å²) in [5.41, 5.74) is 0.780. The predicted octanol–water partition coefficient (Wildman–Crippen LogP) is 4.66. The van der Waals surface area contributed by atoms with Gasteiger partial charge in [-0.1, -0.05) is 19.8 Å². The molecule has 0 radical (unpaired) electrons. The largest absolute Gasteiger partial charge is 0.295 e. The Hall–Kier alpha value is -1.58. The standard InChI is InChI=1S/C16H17F3O/c1-2-3-10-4-5-15(20)12(6-10)7-11-8-13(17)16(19)14(18)9-11/h7-10H,2-6H2,1H3/b12-7-. The van der Waals surface area contributed by atoms with Crippen LogP contribution in [0.1, 0.15) is 44.6 Å². The minimum Gasteiger partial charge on any atom is -0.295 e. The first-order valence-electron chi connectivity index (χ1n) is 6.89. The van der Waals surface area contributed by atoms with Gasteiger partial charge in [-0.15, -0.1) is 0 Å². The zero-order valence-corrected chi connectivity index (χ0v) is 11.4. The van der Waals surface area contributed by atoms with Crippen LogP contribution in [0.25, 0.3) is 6.08 Å². The van der Waals surface area contributed by atoms with E-state index in [1.807, 2.05) is 0 Å². The molecule has 1 aliphatic carbocycles. The second kappa shape index (κ2) is 6.25. The van der Waals surface area contributed by atoms with Gasteiger partial charge in [0.2, 0.25) is 0 Å². The van der Waals surface area contributed by atoms with Gasteiger partial charge in [-0.25, -0.2) is 13.2 Å². The fourth-order valence-electron chi connectivity index (χ4n) is 2.68. The van der Waals surface area contributed by atoms with E-state index in [4.69, 9.17) is 0 Å². The lowest BCUT2D eigenvalue weighted by Crippen LogP contribution is -2.16. The molecule has 2 rings (SSSR count). The highest BCUT2D eigenvalue weighted by atomic mass is 19.2. The van der Waals surface area contributed by atoms with Crippen LogP contribution in [-0.2, 0) is 4.79 Å². The van der Waals surface area contributed by atoms with Crippen molar-refractivity contribution in [3.8, 4) is 0 Å². The second-order valence-corrected chi connectivity index (χ2v) is 5.29. The number of carbonyl (C=O) groups excluding carboxylic acids is 1. The Labute approximate surface area is 116 Å². The van der Waals surface area contributed by atoms with E-state index in [1.54, 1.807) is 0 Å². The van der Waals surface area contributed by atoms with Gasteiger partial charge in [0.1, 0.15) is 0 Å². The van der Waals surface area contributed by atoms with E-state index < -0.39 is 17.5 Å². The first-order valence-corrected chi connectivity index (χ1v) is 6.89. The van der Waals surface area contributed by atoms with Crippen LogP contribution in [-0.4, -0.2) is 5.78 Å². The molecular formula is C16H17F3O. The Bertz CT molecular complexity index is 526. The summed E-state index contributed by atoms with van der Waals surface area (Å²) in [7, 11) is 0. The van der Waals surface area contributed by atoms with Gasteiger partial charge in [-0.05, 0) is 48.1 Å². The summed E-state index contributed by atoms with van der Waals surface area (Å²) < 4.78 is 39.2. The van der Waals surface area contributed by atoms with Crippen LogP contribution in [0.2, 0.25) is 0 Å². The summed E-state index contributed by atoms with van der Waals surface area (Å²) in [6.07, 6.45) is 5.55. The minimum absolute atomic E-state index is 0.0162. The number of carbonyl (C=O) groups is 1. The lowest BCUT2D eigenvalue weighted by atomic mass is 9.81. The zero-order valence-electron chi connectivity index (χ0n) is 11.4. The average molecular weight is 282 g/mol. The molecule has 0 N–H and O–H groups in total. The van der Waals surface area contributed by atoms with Gasteiger partial charge in [0.05, 0.1) is 0 Å². The van der Waals surface area contributed by atoms with Crippen molar-refractivity contribution in [1.82, 2.24) is 0 Å². The molecular weight excluding hydrogens is 265 g/mol. The van der Waals surface area contributed by atoms with Crippen molar-refractivity contribution >= 4 is 11.9 Å². The van der Waals surface area contributed by atoms with Gasteiger partial charge in [-0.2, -0.15) is 0 Å². The molecule has 1 unspecified atom stereocenters. The highest BCUT2D eigenvalue weighted by Gasteiger charge is 2.23. The number of hydrogen-bond donors (Lipinski definition) is 0. The third kappa shape index (κ3) is 3.30. The summed E-state index contributed by atoms with van der Waals surface area (Å²) in [6.45, 7) is 2.09. The number of rotatable bonds is 3. The molecule has 1 atom stereocenters. The van der Waals surface area contributed by atoms with Gasteiger partial charge in [0.25, 0.3) is 0 Å². The first kappa shape index (κ1) is 14.8. The van der Waals surface area contributed by atoms with E-state index >= 15 is 0 Å². The molecule has 0 bridgehead atoms. The van der Waals surface area contributed by atoms with Crippen LogP contribution in [0.15, 0.2) is 17.7 Å². The van der Waals surface area contributed by atoms with E-state index in [-0.39, 0.29) is 11.3 Å². The zero-order chi connectivity index (χ0) is 14.7. The van der Waals surface area contributed by atoms with Gasteiger partial charge >= 0.3 is 0 Å². The summed E-state index contributed by atoms with van der Waals surface area (Å²) in [4.78, 5) is 11.9. The van der Waals surface area contributed by atoms with Gasteiger partial charge in [-0.3, -0.25) is 4.79 Å². The Morgan fingerprint density at radius 2 is 1.90 bits per heavy atom. The molecule has 0 saturated heterocycles. The molecule has 1 aromatic rings. The second-order valence-electron chi connectivity index (χ2n) is 5.29. The number of Topliss-reactive ketones (excluding diaryl/α,β-unsaturated/α-hetero) is 1. The molecule has 1 fully saturated rings. The predicted molar refractivity (Wildman–Crippen MR) is 71.5 cm³/mol. The fourth-order valence-corrected chi connectivity index (χ4v) is 2.68. The maximum absolute atomic E-state index is 13.2. The molecule has 0 aliphatic heterocycles. The van der Waals surface area contributed by atoms with Crippen LogP contribution in [0.5, 0.6) is 0 Å². The Kier molecular flexibility index (Phi) is 4.63. The van der Waals surface area contributed by atoms with E-state index in [2.05, 4.69) is 6.92 Å². The molecule has 108 valence electrons. The third-order valence-electron chi connectivity index (χ3n) is 3.69. The molecule has 4 heteroatoms. The van der Waals surface area contributed by atoms with E-state index in [9.17, 15) is 18.0 Å². The van der Waals surface area contributed by atoms with Crippen molar-refractivity contribution in [2.24, 2.45) is 5.92 Å². The van der Waals surface area contributed by atoms with Crippen LogP contribution in [0.4, 0.5) is 13.2 Å². The van der Waals surface area contributed by atoms with Crippen molar-refractivity contribution in [3.63, 3.8) is 0 Å². The highest BCUT2D eigenvalue weighted by molar-refractivity contribution is 6.00. The lowest BCUT2D eigenvalue weighted by Gasteiger charge is -2.22. The maximum Gasteiger partial charge on any atom is 0.194 e. The van der Waals surface area contributed by atoms with Crippen LogP contribution in [0.3, 0.4) is 0 Å². The van der Waals surface area contributed by atoms with Crippen molar-refractivity contribution < 1.29 is 18.0 Å². The average Bonchev–Trinajstić information content (AvgIpc) is 2.40. The molecule has 0 heterocycles. The van der Waals surface area contributed by atoms with Crippen LogP contribution < -0.4 is 0 Å². The van der Waals surface area contributed by atoms with E-state index in [0.717, 1.165) is 31.4 Å². The fraction of sp³-hybridized carbons (Fsp3) is 0.438. The monoisotopic (exact) mass is 282 g/mol. The quantitative estimate of drug-likeness (QED) is 0.582. The Morgan fingerprint density at radius 1 is 1.25 bits per heavy atom. The number of allylic oxidation sites excluding steroid dienone is 1. The molecule has 0 aromatic heterocycles. The molecule has 1 nitrogen and oxygen atoms in total.